The standard InChI is InChI=1S/C61H93N15O10/c1-10-33-86-54(80)29-28-49(58(84)72-46(41(5)77)20-15-30-67-60(62)65-7)70-53(79)38-69-55(81)50(36-43-26-27-44-17-11-12-18-45(44)34-43)75-57(83)48(21-16-31-68-61(63)66-8)73-56(82)47(19-13-14-32-76(9)39(2)3)74-59(85)51(71-52(78)37-64-6)35-42-24-22-40(4)23-25-42/h10-12,17-18,22-27,34,39,46-51,64H,1,13-16,19-21,28-33,35-38H2,2-9H3,(H,69,81)(H,70,79)(H,71,78)(H,72,84)(H,73,82)(H,74,85)(H,75,83)(H3,62,65,67)(H3,63,66,68)/t46-,47-,48+,49+,50-,51-/m0/s1. The molecule has 0 spiro atoms. The number of likely N-dealkylation sites (N-methyl/N-ethyl adjacent to an activating group) is 1. The van der Waals surface area contributed by atoms with E-state index in [1.165, 1.54) is 27.1 Å². The highest BCUT2D eigenvalue weighted by molar-refractivity contribution is 5.97. The maximum absolute atomic E-state index is 14.8. The number of unbranched alkanes of at least 4 members (excludes halogenated alkanes) is 1. The number of hydrogen-bond acceptors (Lipinski definition) is 14. The zero-order valence-corrected chi connectivity index (χ0v) is 51.3. The van der Waals surface area contributed by atoms with E-state index in [9.17, 15) is 43.2 Å². The molecular formula is C61H93N15O10. The summed E-state index contributed by atoms with van der Waals surface area (Å²) in [6, 6.07) is 13.6. The highest BCUT2D eigenvalue weighted by atomic mass is 16.5. The molecule has 472 valence electrons. The Kier molecular flexibility index (Phi) is 32.7. The molecule has 0 saturated heterocycles. The van der Waals surface area contributed by atoms with E-state index >= 15 is 0 Å². The van der Waals surface area contributed by atoms with Crippen LogP contribution in [0, 0.1) is 6.92 Å². The number of hydrogen-bond donors (Lipinski definition) is 12. The van der Waals surface area contributed by atoms with Crippen LogP contribution in [0.25, 0.3) is 10.8 Å². The molecule has 0 aliphatic rings. The minimum Gasteiger partial charge on any atom is -0.461 e. The third-order valence-electron chi connectivity index (χ3n) is 14.2. The third kappa shape index (κ3) is 27.5. The molecule has 6 atom stereocenters. The normalized spacial score (nSPS) is 13.7. The van der Waals surface area contributed by atoms with E-state index in [2.05, 4.69) is 88.5 Å². The topological polar surface area (TPSA) is 363 Å². The Morgan fingerprint density at radius 2 is 1.08 bits per heavy atom. The van der Waals surface area contributed by atoms with Crippen LogP contribution in [-0.4, -0.2) is 180 Å². The van der Waals surface area contributed by atoms with Gasteiger partial charge in [-0.1, -0.05) is 84.9 Å². The van der Waals surface area contributed by atoms with E-state index in [-0.39, 0.29) is 94.8 Å². The maximum atomic E-state index is 14.8. The van der Waals surface area contributed by atoms with Gasteiger partial charge < -0.3 is 74.3 Å². The Balaban J connectivity index is 2.00. The fourth-order valence-corrected chi connectivity index (χ4v) is 8.85. The number of esters is 1. The first-order chi connectivity index (χ1) is 41.1. The van der Waals surface area contributed by atoms with Crippen molar-refractivity contribution in [3.8, 4) is 0 Å². The summed E-state index contributed by atoms with van der Waals surface area (Å²) in [7, 11) is 6.61. The molecular weight excluding hydrogens is 1100 g/mol. The number of nitrogens with one attached hydrogen (secondary N) is 10. The number of aryl methyl sites for hydroxylation is 1. The number of carbonyl (C=O) groups is 9. The average molecular weight is 1200 g/mol. The number of benzene rings is 3. The van der Waals surface area contributed by atoms with Crippen LogP contribution in [0.2, 0.25) is 0 Å². The van der Waals surface area contributed by atoms with Crippen LogP contribution in [-0.2, 0) is 60.7 Å². The number of rotatable bonds is 39. The van der Waals surface area contributed by atoms with Gasteiger partial charge in [-0.05, 0) is 122 Å². The molecule has 7 amide bonds. The summed E-state index contributed by atoms with van der Waals surface area (Å²) in [6.07, 6.45) is 3.10. The number of ether oxygens (including phenoxy) is 1. The van der Waals surface area contributed by atoms with Gasteiger partial charge in [0.05, 0.1) is 19.1 Å². The van der Waals surface area contributed by atoms with Gasteiger partial charge in [-0.25, -0.2) is 0 Å². The summed E-state index contributed by atoms with van der Waals surface area (Å²) in [4.78, 5) is 134. The smallest absolute Gasteiger partial charge is 0.306 e. The van der Waals surface area contributed by atoms with Crippen LogP contribution in [0.1, 0.15) is 95.2 Å². The minimum atomic E-state index is -1.37. The molecule has 86 heavy (non-hydrogen) atoms. The first-order valence-corrected chi connectivity index (χ1v) is 29.2. The Labute approximate surface area is 505 Å². The Morgan fingerprint density at radius 3 is 1.65 bits per heavy atom. The summed E-state index contributed by atoms with van der Waals surface area (Å²) in [5.41, 5.74) is 14.1. The number of fused-ring (bicyclic) bond motifs is 1. The van der Waals surface area contributed by atoms with Crippen LogP contribution in [0.4, 0.5) is 0 Å². The molecule has 0 fully saturated rings. The van der Waals surface area contributed by atoms with Gasteiger partial charge in [-0.15, -0.1) is 0 Å². The predicted molar refractivity (Wildman–Crippen MR) is 333 cm³/mol. The largest absolute Gasteiger partial charge is 0.461 e. The van der Waals surface area contributed by atoms with Crippen LogP contribution in [0.15, 0.2) is 89.4 Å². The number of carbonyl (C=O) groups excluding carboxylic acids is 9. The quantitative estimate of drug-likeness (QED) is 0.0121. The summed E-state index contributed by atoms with van der Waals surface area (Å²) < 4.78 is 5.09. The SMILES string of the molecule is C=CCOC(=O)CC[C@@H](NC(=O)CNC(=O)[C@H](Cc1ccc2ccccc2c1)NC(=O)[C@@H](CCCNC(N)=NC)NC(=O)[C@H](CCCCN(C)C(C)C)NC(=O)[C@H](Cc1ccc(C)cc1)NC(=O)CNC)C(=O)N[C@@H](CCCNC(N)=NC)C(C)=O. The van der Waals surface area contributed by atoms with Crippen LogP contribution < -0.4 is 64.6 Å². The molecule has 0 saturated carbocycles. The van der Waals surface area contributed by atoms with Crippen molar-refractivity contribution >= 4 is 75.8 Å². The maximum Gasteiger partial charge on any atom is 0.306 e. The minimum absolute atomic E-state index is 0.0124. The molecule has 0 aromatic heterocycles. The fraction of sp³-hybridized carbons (Fsp3) is 0.525. The second-order valence-electron chi connectivity index (χ2n) is 21.4. The van der Waals surface area contributed by atoms with Gasteiger partial charge >= 0.3 is 5.97 Å². The van der Waals surface area contributed by atoms with E-state index in [1.807, 2.05) is 74.6 Å². The second-order valence-corrected chi connectivity index (χ2v) is 21.4. The van der Waals surface area contributed by atoms with E-state index in [1.54, 1.807) is 13.1 Å². The number of amides is 7. The number of aliphatic imine (C=N–C) groups is 2. The van der Waals surface area contributed by atoms with Crippen molar-refractivity contribution in [3.63, 3.8) is 0 Å². The third-order valence-corrected chi connectivity index (χ3v) is 14.2. The van der Waals surface area contributed by atoms with Crippen molar-refractivity contribution < 1.29 is 47.9 Å². The van der Waals surface area contributed by atoms with Gasteiger partial charge in [0.15, 0.2) is 17.7 Å². The molecule has 3 rings (SSSR count). The van der Waals surface area contributed by atoms with Crippen molar-refractivity contribution in [1.82, 2.24) is 58.1 Å². The van der Waals surface area contributed by atoms with Crippen molar-refractivity contribution in [2.45, 2.75) is 141 Å². The van der Waals surface area contributed by atoms with Crippen molar-refractivity contribution in [2.75, 3.05) is 67.5 Å². The number of guanidine groups is 2. The zero-order chi connectivity index (χ0) is 63.6. The Morgan fingerprint density at radius 1 is 0.593 bits per heavy atom. The number of Topliss-reactive ketones (excluding diaryl/α,β-unsaturated/α-hetero) is 1. The Bertz CT molecular complexity index is 2770. The Hall–Kier alpha value is -8.45. The van der Waals surface area contributed by atoms with Gasteiger partial charge in [-0.3, -0.25) is 53.1 Å². The summed E-state index contributed by atoms with van der Waals surface area (Å²) in [5.74, 6) is -5.60. The lowest BCUT2D eigenvalue weighted by atomic mass is 10.00. The first kappa shape index (κ1) is 71.8. The molecule has 3 aromatic rings. The highest BCUT2D eigenvalue weighted by Crippen LogP contribution is 2.18. The molecule has 25 heteroatoms. The summed E-state index contributed by atoms with van der Waals surface area (Å²) in [5, 5.41) is 29.6. The number of nitrogens with zero attached hydrogens (tertiary/aromatic N) is 3. The molecule has 0 aliphatic carbocycles. The van der Waals surface area contributed by atoms with E-state index < -0.39 is 90.1 Å². The monoisotopic (exact) mass is 1200 g/mol. The number of nitrogens with two attached hydrogens (primary N) is 2. The predicted octanol–water partition coefficient (Wildman–Crippen LogP) is 0.415. The summed E-state index contributed by atoms with van der Waals surface area (Å²) >= 11 is 0. The van der Waals surface area contributed by atoms with Crippen LogP contribution in [0.3, 0.4) is 0 Å². The second kappa shape index (κ2) is 39.2. The van der Waals surface area contributed by atoms with Gasteiger partial charge in [0, 0.05) is 52.5 Å². The lowest BCUT2D eigenvalue weighted by Gasteiger charge is -2.27. The molecule has 25 nitrogen and oxygen atoms in total. The molecule has 14 N–H and O–H groups in total. The highest BCUT2D eigenvalue weighted by Gasteiger charge is 2.33. The van der Waals surface area contributed by atoms with E-state index in [0.29, 0.717) is 37.9 Å². The van der Waals surface area contributed by atoms with Gasteiger partial charge in [-0.2, -0.15) is 0 Å². The average Bonchev–Trinajstić information content (AvgIpc) is 3.27. The fourth-order valence-electron chi connectivity index (χ4n) is 8.85. The van der Waals surface area contributed by atoms with Crippen molar-refractivity contribution in [1.29, 1.82) is 0 Å². The van der Waals surface area contributed by atoms with Gasteiger partial charge in [0.1, 0.15) is 36.8 Å². The van der Waals surface area contributed by atoms with Crippen molar-refractivity contribution in [2.24, 2.45) is 21.5 Å². The van der Waals surface area contributed by atoms with Crippen LogP contribution >= 0.6 is 0 Å². The van der Waals surface area contributed by atoms with Crippen molar-refractivity contribution in [3.05, 3.63) is 96.1 Å². The van der Waals surface area contributed by atoms with Crippen LogP contribution in [0.5, 0.6) is 0 Å². The van der Waals surface area contributed by atoms with E-state index in [4.69, 9.17) is 16.2 Å². The van der Waals surface area contributed by atoms with Gasteiger partial charge in [0.2, 0.25) is 41.4 Å². The lowest BCUT2D eigenvalue weighted by Crippen LogP contribution is -2.59. The molecule has 0 unspecified atom stereocenters. The zero-order valence-electron chi connectivity index (χ0n) is 51.3. The molecule has 0 bridgehead atoms. The number of ketones is 1. The molecule has 3 aromatic carbocycles. The molecule has 0 aliphatic heterocycles. The molecule has 0 radical (unpaired) electrons. The molecule has 0 heterocycles. The summed E-state index contributed by atoms with van der Waals surface area (Å²) in [6.45, 7) is 11.4. The van der Waals surface area contributed by atoms with Gasteiger partial charge in [0.25, 0.3) is 0 Å². The van der Waals surface area contributed by atoms with E-state index in [0.717, 1.165) is 21.9 Å². The lowest BCUT2D eigenvalue weighted by molar-refractivity contribution is -0.143. The first-order valence-electron chi connectivity index (χ1n) is 29.2.